The lowest BCUT2D eigenvalue weighted by molar-refractivity contribution is 1.59. The molecular weight excluding hydrogens is 752 g/mol. The molecule has 0 bridgehead atoms. The molecule has 0 N–H and O–H groups in total. The summed E-state index contributed by atoms with van der Waals surface area (Å²) in [5.74, 6) is 0. The number of rotatable bonds is 12. The van der Waals surface area contributed by atoms with E-state index in [2.05, 4.69) is 273 Å². The number of hydrogen-bond donors (Lipinski definition) is 0. The van der Waals surface area contributed by atoms with Gasteiger partial charge in [0.1, 0.15) is 0 Å². The molecule has 9 rings (SSSR count). The zero-order chi connectivity index (χ0) is 41.1. The Morgan fingerprint density at radius 1 is 0.213 bits per heavy atom. The van der Waals surface area contributed by atoms with Gasteiger partial charge in [0, 0.05) is 0 Å². The van der Waals surface area contributed by atoms with Gasteiger partial charge in [-0.05, 0) is 90.6 Å². The van der Waals surface area contributed by atoms with Crippen LogP contribution in [0.2, 0.25) is 0 Å². The molecule has 0 heterocycles. The van der Waals surface area contributed by atoms with Crippen molar-refractivity contribution in [3.05, 3.63) is 270 Å². The smallest absolute Gasteiger partial charge is 0.0111 e. The lowest BCUT2D eigenvalue weighted by Gasteiger charge is -2.20. The fourth-order valence-corrected chi connectivity index (χ4v) is 10.0. The summed E-state index contributed by atoms with van der Waals surface area (Å²) in [5, 5.41) is 3.95. The first kappa shape index (κ1) is 39.1. The summed E-state index contributed by atoms with van der Waals surface area (Å²) in [7, 11) is -0.821. The van der Waals surface area contributed by atoms with Gasteiger partial charge in [0.2, 0.25) is 0 Å². The van der Waals surface area contributed by atoms with Crippen LogP contribution in [0.3, 0.4) is 0 Å². The van der Waals surface area contributed by atoms with Crippen molar-refractivity contribution < 1.29 is 0 Å². The summed E-state index contributed by atoms with van der Waals surface area (Å²) in [6.07, 6.45) is 13.4. The van der Waals surface area contributed by atoms with Crippen LogP contribution in [0.25, 0.3) is 69.8 Å². The molecule has 9 aromatic carbocycles. The lowest BCUT2D eigenvalue weighted by atomic mass is 9.99. The topological polar surface area (TPSA) is 0 Å². The number of hydrogen-bond acceptors (Lipinski definition) is 0. The highest BCUT2D eigenvalue weighted by Gasteiger charge is 2.17. The minimum Gasteiger partial charge on any atom is -0.0622 e. The maximum absolute atomic E-state index is 2.32. The molecular formula is C60H45P. The molecule has 9 aromatic rings. The van der Waals surface area contributed by atoms with Gasteiger partial charge in [-0.1, -0.05) is 273 Å². The van der Waals surface area contributed by atoms with Gasteiger partial charge in [-0.15, -0.1) is 0 Å². The highest BCUT2D eigenvalue weighted by Crippen LogP contribution is 2.34. The predicted octanol–water partition coefficient (Wildman–Crippen LogP) is 15.0. The summed E-state index contributed by atoms with van der Waals surface area (Å²) < 4.78 is 0. The summed E-state index contributed by atoms with van der Waals surface area (Å²) in [6.45, 7) is 0. The van der Waals surface area contributed by atoms with Crippen molar-refractivity contribution >= 4 is 60.3 Å². The Morgan fingerprint density at radius 2 is 0.459 bits per heavy atom. The van der Waals surface area contributed by atoms with Crippen LogP contribution in [-0.2, 0) is 0 Å². The molecule has 0 unspecified atom stereocenters. The van der Waals surface area contributed by atoms with E-state index in [1.807, 2.05) is 0 Å². The van der Waals surface area contributed by atoms with Crippen LogP contribution in [-0.4, -0.2) is 0 Å². The minimum atomic E-state index is -0.821. The van der Waals surface area contributed by atoms with E-state index in [0.29, 0.717) is 0 Å². The van der Waals surface area contributed by atoms with Crippen molar-refractivity contribution in [3.8, 4) is 33.4 Å². The van der Waals surface area contributed by atoms with Gasteiger partial charge in [0.05, 0.1) is 0 Å². The molecule has 1 heteroatoms. The third-order valence-electron chi connectivity index (χ3n) is 11.0. The van der Waals surface area contributed by atoms with Crippen LogP contribution >= 0.6 is 7.92 Å². The molecule has 290 valence electrons. The Hall–Kier alpha value is -7.37. The molecule has 0 amide bonds. The minimum absolute atomic E-state index is 0.821. The lowest BCUT2D eigenvalue weighted by Crippen LogP contribution is -2.20. The van der Waals surface area contributed by atoms with Crippen LogP contribution in [0.4, 0.5) is 0 Å². The standard InChI is InChI=1S/C60H45P/c1-4-16-49(17-5-1)58-25-13-10-22-52(58)37-28-46-31-40-55(41-32-46)61(56-42-33-47(34-43-56)29-38-53-23-11-14-26-59(53)50-18-6-2-7-19-50)57-44-35-48(36-45-57)30-39-54-24-12-15-27-60(54)51-20-8-3-9-21-51/h1-45H. The van der Waals surface area contributed by atoms with Gasteiger partial charge in [-0.3, -0.25) is 0 Å². The third-order valence-corrected chi connectivity index (χ3v) is 13.4. The van der Waals surface area contributed by atoms with E-state index in [9.17, 15) is 0 Å². The molecule has 0 spiro atoms. The SMILES string of the molecule is C(=Cc1ccccc1-c1ccccc1)c1ccc(P(c2ccc(C=Cc3ccccc3-c3ccccc3)cc2)c2ccc(C=Cc3ccccc3-c3ccccc3)cc2)cc1. The second-order valence-electron chi connectivity index (χ2n) is 15.0. The Balaban J connectivity index is 1.01. The second-order valence-corrected chi connectivity index (χ2v) is 17.2. The van der Waals surface area contributed by atoms with Crippen molar-refractivity contribution in [1.29, 1.82) is 0 Å². The first-order chi connectivity index (χ1) is 30.2. The fraction of sp³-hybridized carbons (Fsp3) is 0. The van der Waals surface area contributed by atoms with E-state index < -0.39 is 7.92 Å². The van der Waals surface area contributed by atoms with Crippen LogP contribution in [0.15, 0.2) is 237 Å². The van der Waals surface area contributed by atoms with Gasteiger partial charge in [-0.25, -0.2) is 0 Å². The van der Waals surface area contributed by atoms with Crippen LogP contribution in [0, 0.1) is 0 Å². The molecule has 0 aliphatic heterocycles. The molecule has 0 fully saturated rings. The van der Waals surface area contributed by atoms with Gasteiger partial charge in [0.25, 0.3) is 0 Å². The van der Waals surface area contributed by atoms with Crippen LogP contribution in [0.1, 0.15) is 33.4 Å². The Labute approximate surface area is 362 Å². The molecule has 0 saturated heterocycles. The van der Waals surface area contributed by atoms with Crippen LogP contribution < -0.4 is 15.9 Å². The average molecular weight is 797 g/mol. The fourth-order valence-electron chi connectivity index (χ4n) is 7.78. The highest BCUT2D eigenvalue weighted by atomic mass is 31.1. The Morgan fingerprint density at radius 3 is 0.738 bits per heavy atom. The van der Waals surface area contributed by atoms with Crippen LogP contribution in [0.5, 0.6) is 0 Å². The van der Waals surface area contributed by atoms with Crippen molar-refractivity contribution in [2.45, 2.75) is 0 Å². The van der Waals surface area contributed by atoms with Gasteiger partial charge in [0.15, 0.2) is 0 Å². The predicted molar refractivity (Wildman–Crippen MR) is 268 cm³/mol. The maximum Gasteiger partial charge on any atom is -0.0111 e. The first-order valence-corrected chi connectivity index (χ1v) is 22.2. The molecule has 0 saturated carbocycles. The first-order valence-electron chi connectivity index (χ1n) is 20.8. The summed E-state index contributed by atoms with van der Waals surface area (Å²) in [5.41, 5.74) is 14.5. The second kappa shape index (κ2) is 19.1. The van der Waals surface area contributed by atoms with E-state index >= 15 is 0 Å². The van der Waals surface area contributed by atoms with E-state index in [4.69, 9.17) is 0 Å². The molecule has 0 aliphatic rings. The Kier molecular flexibility index (Phi) is 12.3. The highest BCUT2D eigenvalue weighted by molar-refractivity contribution is 7.79. The van der Waals surface area contributed by atoms with Gasteiger partial charge < -0.3 is 0 Å². The van der Waals surface area contributed by atoms with Crippen molar-refractivity contribution in [3.63, 3.8) is 0 Å². The van der Waals surface area contributed by atoms with Crippen molar-refractivity contribution in [2.24, 2.45) is 0 Å². The molecule has 0 radical (unpaired) electrons. The molecule has 61 heavy (non-hydrogen) atoms. The number of benzene rings is 9. The van der Waals surface area contributed by atoms with E-state index in [0.717, 1.165) is 0 Å². The van der Waals surface area contributed by atoms with E-state index in [-0.39, 0.29) is 0 Å². The zero-order valence-corrected chi connectivity index (χ0v) is 34.8. The van der Waals surface area contributed by atoms with Crippen molar-refractivity contribution in [2.75, 3.05) is 0 Å². The van der Waals surface area contributed by atoms with E-state index in [1.165, 1.54) is 82.7 Å². The van der Waals surface area contributed by atoms with Gasteiger partial charge >= 0.3 is 0 Å². The van der Waals surface area contributed by atoms with Gasteiger partial charge in [-0.2, -0.15) is 0 Å². The summed E-state index contributed by atoms with van der Waals surface area (Å²) in [6, 6.07) is 85.1. The average Bonchev–Trinajstić information content (AvgIpc) is 3.34. The zero-order valence-electron chi connectivity index (χ0n) is 33.9. The van der Waals surface area contributed by atoms with E-state index in [1.54, 1.807) is 0 Å². The summed E-state index contributed by atoms with van der Waals surface area (Å²) in [4.78, 5) is 0. The third kappa shape index (κ3) is 9.59. The quantitative estimate of drug-likeness (QED) is 0.0853. The monoisotopic (exact) mass is 796 g/mol. The molecule has 0 atom stereocenters. The van der Waals surface area contributed by atoms with Crippen molar-refractivity contribution in [1.82, 2.24) is 0 Å². The maximum atomic E-state index is 2.32. The molecule has 0 aromatic heterocycles. The summed E-state index contributed by atoms with van der Waals surface area (Å²) >= 11 is 0. The Bertz CT molecular complexity index is 2580. The molecule has 0 aliphatic carbocycles. The molecule has 0 nitrogen and oxygen atoms in total. The largest absolute Gasteiger partial charge is 0.0622 e. The normalized spacial score (nSPS) is 12.0.